The third-order valence-corrected chi connectivity index (χ3v) is 7.96. The fourth-order valence-electron chi connectivity index (χ4n) is 5.73. The van der Waals surface area contributed by atoms with Gasteiger partial charge in [0.05, 0.1) is 6.04 Å². The number of carbonyl (C=O) groups excluding carboxylic acids is 3. The van der Waals surface area contributed by atoms with E-state index in [1.165, 1.54) is 9.70 Å². The number of nitrogens with one attached hydrogen (secondary N) is 2. The molecule has 3 amide bonds. The summed E-state index contributed by atoms with van der Waals surface area (Å²) in [5.74, 6) is -2.36. The molecule has 2 fully saturated rings. The number of benzene rings is 1. The largest absolute Gasteiger partial charge is 0.479 e. The minimum Gasteiger partial charge on any atom is -0.479 e. The number of nitrogens with zero attached hydrogens (tertiary/aromatic N) is 4. The van der Waals surface area contributed by atoms with Gasteiger partial charge < -0.3 is 25.4 Å². The van der Waals surface area contributed by atoms with Gasteiger partial charge >= 0.3 is 12.1 Å². The quantitative estimate of drug-likeness (QED) is 0.479. The number of carboxylic acids is 1. The molecule has 1 saturated heterocycles. The average molecular weight is 567 g/mol. The van der Waals surface area contributed by atoms with Crippen molar-refractivity contribution in [3.8, 4) is 0 Å². The maximum atomic E-state index is 14.1. The van der Waals surface area contributed by atoms with E-state index >= 15 is 0 Å². The summed E-state index contributed by atoms with van der Waals surface area (Å²) in [6.07, 6.45) is 7.14. The van der Waals surface area contributed by atoms with E-state index in [-0.39, 0.29) is 18.9 Å². The van der Waals surface area contributed by atoms with Gasteiger partial charge in [0.15, 0.2) is 0 Å². The van der Waals surface area contributed by atoms with Crippen LogP contribution in [0.15, 0.2) is 36.4 Å². The van der Waals surface area contributed by atoms with Crippen molar-refractivity contribution >= 4 is 34.9 Å². The van der Waals surface area contributed by atoms with E-state index in [1.807, 2.05) is 36.4 Å². The number of amides is 3. The van der Waals surface area contributed by atoms with E-state index in [0.29, 0.717) is 30.3 Å². The Morgan fingerprint density at radius 3 is 2.49 bits per heavy atom. The van der Waals surface area contributed by atoms with Gasteiger partial charge in [0, 0.05) is 18.9 Å². The van der Waals surface area contributed by atoms with Crippen molar-refractivity contribution in [3.63, 3.8) is 0 Å². The molecule has 1 aromatic heterocycles. The predicted molar refractivity (Wildman–Crippen MR) is 149 cm³/mol. The first-order valence-electron chi connectivity index (χ1n) is 14.3. The van der Waals surface area contributed by atoms with Crippen molar-refractivity contribution in [1.29, 1.82) is 0 Å². The first-order chi connectivity index (χ1) is 19.5. The Hall–Kier alpha value is -3.96. The Balaban J connectivity index is 1.46. The molecule has 12 nitrogen and oxygen atoms in total. The average Bonchev–Trinajstić information content (AvgIpc) is 3.23. The fraction of sp³-hybridized carbons (Fsp3) is 0.586. The van der Waals surface area contributed by atoms with Crippen molar-refractivity contribution in [2.75, 3.05) is 6.54 Å². The molecule has 0 radical (unpaired) electrons. The lowest BCUT2D eigenvalue weighted by atomic mass is 10.0. The Kier molecular flexibility index (Phi) is 7.76. The van der Waals surface area contributed by atoms with Gasteiger partial charge in [-0.15, -0.1) is 0 Å². The molecule has 2 aromatic rings. The van der Waals surface area contributed by atoms with Gasteiger partial charge in [0.2, 0.25) is 11.8 Å². The zero-order chi connectivity index (χ0) is 29.4. The summed E-state index contributed by atoms with van der Waals surface area (Å²) >= 11 is 0. The number of fused-ring (bicyclic) bond motifs is 3. The summed E-state index contributed by atoms with van der Waals surface area (Å²) in [6, 6.07) is 5.10. The lowest BCUT2D eigenvalue weighted by Crippen LogP contribution is -2.56. The topological polar surface area (TPSA) is 156 Å². The molecule has 0 bridgehead atoms. The molecular formula is C29H38N6O6. The lowest BCUT2D eigenvalue weighted by molar-refractivity contribution is -0.145. The predicted octanol–water partition coefficient (Wildman–Crippen LogP) is 2.95. The zero-order valence-electron chi connectivity index (χ0n) is 23.7. The molecule has 5 rings (SSSR count). The van der Waals surface area contributed by atoms with Crippen LogP contribution in [-0.2, 0) is 19.1 Å². The monoisotopic (exact) mass is 566 g/mol. The Morgan fingerprint density at radius 2 is 1.83 bits per heavy atom. The van der Waals surface area contributed by atoms with Gasteiger partial charge in [-0.25, -0.2) is 9.59 Å². The van der Waals surface area contributed by atoms with Crippen molar-refractivity contribution < 1.29 is 29.0 Å². The molecule has 5 atom stereocenters. The van der Waals surface area contributed by atoms with Crippen LogP contribution in [0.1, 0.15) is 71.8 Å². The third-order valence-electron chi connectivity index (χ3n) is 7.96. The second-order valence-corrected chi connectivity index (χ2v) is 12.2. The van der Waals surface area contributed by atoms with Crippen LogP contribution < -0.4 is 10.6 Å². The molecule has 3 aliphatic rings. The van der Waals surface area contributed by atoms with E-state index in [4.69, 9.17) is 4.74 Å². The first-order valence-corrected chi connectivity index (χ1v) is 14.3. The van der Waals surface area contributed by atoms with Crippen molar-refractivity contribution in [1.82, 2.24) is 30.5 Å². The molecule has 2 aliphatic heterocycles. The molecule has 1 aromatic carbocycles. The number of hydrogen-bond acceptors (Lipinski definition) is 7. The minimum atomic E-state index is -1.40. The van der Waals surface area contributed by atoms with Crippen molar-refractivity contribution in [2.45, 2.75) is 95.0 Å². The highest BCUT2D eigenvalue weighted by molar-refractivity contribution is 5.96. The number of hydrogen-bond donors (Lipinski definition) is 3. The van der Waals surface area contributed by atoms with E-state index in [1.54, 1.807) is 20.8 Å². The van der Waals surface area contributed by atoms with E-state index in [9.17, 15) is 24.3 Å². The number of alkyl carbamates (subject to hydrolysis) is 1. The van der Waals surface area contributed by atoms with Crippen LogP contribution in [0.5, 0.6) is 0 Å². The van der Waals surface area contributed by atoms with E-state index in [0.717, 1.165) is 19.3 Å². The number of aliphatic carboxylic acids is 1. The molecule has 1 saturated carbocycles. The summed E-state index contributed by atoms with van der Waals surface area (Å²) < 4.78 is 5.43. The normalized spacial score (nSPS) is 29.9. The number of ether oxygens (including phenoxy) is 1. The van der Waals surface area contributed by atoms with E-state index < -0.39 is 53.1 Å². The van der Waals surface area contributed by atoms with Crippen LogP contribution in [-0.4, -0.2) is 78.6 Å². The zero-order valence-corrected chi connectivity index (χ0v) is 23.7. The Labute approximate surface area is 238 Å². The molecule has 1 unspecified atom stereocenters. The molecular weight excluding hydrogens is 528 g/mol. The standard InChI is InChI=1S/C29H38N6O6/c1-28(2,3)41-27(40)30-22-14-8-6-4-5-7-11-18-16-29(18,26(38)39)31-24(36)23-15-19(17-34(23)25(22)37)35-32-20-12-9-10-13-21(20)33-35/h7,9-13,18-19,22-23H,4-6,8,14-17H2,1-3H3,(H,30,40)(H,31,36)(H,38,39)/b11-7-/t18-,19?,22-,23+,29+/m1/s1. The van der Waals surface area contributed by atoms with Crippen molar-refractivity contribution in [3.05, 3.63) is 36.4 Å². The highest BCUT2D eigenvalue weighted by atomic mass is 16.6. The van der Waals surface area contributed by atoms with Gasteiger partial charge in [0.25, 0.3) is 0 Å². The SMILES string of the molecule is CC(C)(C)OC(=O)N[C@@H]1CCCCC/C=C\[C@@H]2C[C@]2(C(=O)O)NC(=O)[C@@H]2CC(n3nc4ccccc4n3)CN2C1=O. The second-order valence-electron chi connectivity index (χ2n) is 12.2. The summed E-state index contributed by atoms with van der Waals surface area (Å²) in [4.78, 5) is 55.8. The van der Waals surface area contributed by atoms with Crippen LogP contribution in [0.25, 0.3) is 11.0 Å². The summed E-state index contributed by atoms with van der Waals surface area (Å²) in [6.45, 7) is 5.37. The maximum absolute atomic E-state index is 14.1. The number of carbonyl (C=O) groups is 4. The van der Waals surface area contributed by atoms with Crippen LogP contribution in [0.4, 0.5) is 4.79 Å². The number of allylic oxidation sites excluding steroid dienone is 1. The van der Waals surface area contributed by atoms with Gasteiger partial charge in [-0.1, -0.05) is 37.1 Å². The molecule has 3 N–H and O–H groups in total. The van der Waals surface area contributed by atoms with Gasteiger partial charge in [-0.05, 0) is 58.6 Å². The first kappa shape index (κ1) is 28.6. The minimum absolute atomic E-state index is 0.133. The van der Waals surface area contributed by atoms with Gasteiger partial charge in [-0.2, -0.15) is 15.0 Å². The molecule has 0 spiro atoms. The fourth-order valence-corrected chi connectivity index (χ4v) is 5.73. The molecule has 220 valence electrons. The van der Waals surface area contributed by atoms with Crippen LogP contribution in [0.3, 0.4) is 0 Å². The van der Waals surface area contributed by atoms with E-state index in [2.05, 4.69) is 20.8 Å². The van der Waals surface area contributed by atoms with Crippen LogP contribution in [0.2, 0.25) is 0 Å². The Bertz CT molecular complexity index is 1330. The number of aromatic nitrogens is 3. The summed E-state index contributed by atoms with van der Waals surface area (Å²) in [5, 5.41) is 24.7. The summed E-state index contributed by atoms with van der Waals surface area (Å²) in [5.41, 5.74) is -0.766. The molecule has 3 heterocycles. The second kappa shape index (κ2) is 11.1. The van der Waals surface area contributed by atoms with Crippen LogP contribution in [0, 0.1) is 5.92 Å². The number of carboxylic acid groups (broad SMARTS) is 1. The van der Waals surface area contributed by atoms with Crippen molar-refractivity contribution in [2.24, 2.45) is 5.92 Å². The smallest absolute Gasteiger partial charge is 0.408 e. The van der Waals surface area contributed by atoms with Gasteiger partial charge in [0.1, 0.15) is 34.3 Å². The van der Waals surface area contributed by atoms with Crippen LogP contribution >= 0.6 is 0 Å². The molecule has 12 heteroatoms. The lowest BCUT2D eigenvalue weighted by Gasteiger charge is -2.30. The molecule has 41 heavy (non-hydrogen) atoms. The summed E-state index contributed by atoms with van der Waals surface area (Å²) in [7, 11) is 0. The third kappa shape index (κ3) is 6.20. The highest BCUT2D eigenvalue weighted by Gasteiger charge is 2.61. The maximum Gasteiger partial charge on any atom is 0.408 e. The highest BCUT2D eigenvalue weighted by Crippen LogP contribution is 2.45. The molecule has 1 aliphatic carbocycles. The Morgan fingerprint density at radius 1 is 1.12 bits per heavy atom. The number of rotatable bonds is 3. The van der Waals surface area contributed by atoms with Gasteiger partial charge in [-0.3, -0.25) is 9.59 Å².